The topological polar surface area (TPSA) is 50.9 Å². The fourth-order valence-electron chi connectivity index (χ4n) is 2.15. The summed E-state index contributed by atoms with van der Waals surface area (Å²) >= 11 is 0. The molecule has 0 radical (unpaired) electrons. The van der Waals surface area contributed by atoms with Gasteiger partial charge in [-0.2, -0.15) is 5.10 Å². The lowest BCUT2D eigenvalue weighted by molar-refractivity contribution is 0.0539. The summed E-state index contributed by atoms with van der Waals surface area (Å²) in [6.45, 7) is 7.96. The molecule has 1 atom stereocenters. The molecule has 0 amide bonds. The maximum absolute atomic E-state index is 10.7. The van der Waals surface area contributed by atoms with Crippen LogP contribution in [-0.2, 0) is 12.0 Å². The van der Waals surface area contributed by atoms with E-state index in [0.717, 1.165) is 11.4 Å². The first-order valence-electron chi connectivity index (χ1n) is 6.58. The Hall–Kier alpha value is -1.68. The second-order valence-corrected chi connectivity index (χ2v) is 5.53. The predicted molar refractivity (Wildman–Crippen MR) is 74.9 cm³/mol. The second kappa shape index (κ2) is 5.13. The first kappa shape index (κ1) is 13.7. The maximum Gasteiger partial charge on any atom is 0.138 e. The van der Waals surface area contributed by atoms with Crippen LogP contribution in [0.3, 0.4) is 0 Å². The monoisotopic (exact) mass is 259 g/mol. The highest BCUT2D eigenvalue weighted by Crippen LogP contribution is 2.25. The Bertz CT molecular complexity index is 541. The Morgan fingerprint density at radius 1 is 1.26 bits per heavy atom. The van der Waals surface area contributed by atoms with Crippen molar-refractivity contribution in [3.05, 3.63) is 47.5 Å². The van der Waals surface area contributed by atoms with Crippen LogP contribution in [0.15, 0.2) is 30.6 Å². The highest BCUT2D eigenvalue weighted by atomic mass is 16.3. The molecular formula is C15H21N3O. The van der Waals surface area contributed by atoms with Gasteiger partial charge in [0.25, 0.3) is 0 Å². The number of hydrogen-bond donors (Lipinski definition) is 1. The molecule has 0 aliphatic carbocycles. The summed E-state index contributed by atoms with van der Waals surface area (Å²) in [7, 11) is 0. The number of benzene rings is 1. The minimum atomic E-state index is -0.937. The van der Waals surface area contributed by atoms with Crippen LogP contribution >= 0.6 is 0 Å². The van der Waals surface area contributed by atoms with Gasteiger partial charge in [-0.3, -0.25) is 0 Å². The molecule has 2 aromatic rings. The van der Waals surface area contributed by atoms with Crippen LogP contribution in [0.25, 0.3) is 0 Å². The molecule has 0 fully saturated rings. The number of nitrogens with zero attached hydrogens (tertiary/aromatic N) is 3. The summed E-state index contributed by atoms with van der Waals surface area (Å²) in [6.07, 6.45) is 1.99. The highest BCUT2D eigenvalue weighted by Gasteiger charge is 2.26. The fraction of sp³-hybridized carbons (Fsp3) is 0.467. The van der Waals surface area contributed by atoms with E-state index in [1.807, 2.05) is 42.8 Å². The molecule has 1 aromatic heterocycles. The van der Waals surface area contributed by atoms with E-state index in [1.54, 1.807) is 6.33 Å². The van der Waals surface area contributed by atoms with Gasteiger partial charge >= 0.3 is 0 Å². The molecule has 0 aliphatic rings. The van der Waals surface area contributed by atoms with Crippen LogP contribution < -0.4 is 0 Å². The Morgan fingerprint density at radius 3 is 2.47 bits per heavy atom. The van der Waals surface area contributed by atoms with Gasteiger partial charge in [0, 0.05) is 12.5 Å². The van der Waals surface area contributed by atoms with Crippen molar-refractivity contribution in [2.24, 2.45) is 0 Å². The van der Waals surface area contributed by atoms with Crippen molar-refractivity contribution in [1.82, 2.24) is 14.8 Å². The smallest absolute Gasteiger partial charge is 0.138 e. The van der Waals surface area contributed by atoms with Gasteiger partial charge in [0.15, 0.2) is 0 Å². The van der Waals surface area contributed by atoms with Crippen LogP contribution in [0.5, 0.6) is 0 Å². The summed E-state index contributed by atoms with van der Waals surface area (Å²) in [6, 6.07) is 8.19. The van der Waals surface area contributed by atoms with E-state index in [9.17, 15) is 5.11 Å². The Balaban J connectivity index is 2.25. The minimum absolute atomic E-state index is 0.242. The van der Waals surface area contributed by atoms with Crippen molar-refractivity contribution in [2.75, 3.05) is 0 Å². The van der Waals surface area contributed by atoms with Gasteiger partial charge in [-0.1, -0.05) is 29.8 Å². The molecular weight excluding hydrogens is 238 g/mol. The molecule has 19 heavy (non-hydrogen) atoms. The lowest BCUT2D eigenvalue weighted by Crippen LogP contribution is -2.26. The molecule has 4 nitrogen and oxygen atoms in total. The standard InChI is InChI=1S/C15H21N3O/c1-11(2)18-14(16-10-17-18)9-15(4,19)13-7-5-12(3)6-8-13/h5-8,10-11,19H,9H2,1-4H3. The summed E-state index contributed by atoms with van der Waals surface area (Å²) < 4.78 is 1.85. The zero-order valence-corrected chi connectivity index (χ0v) is 12.0. The third-order valence-electron chi connectivity index (χ3n) is 3.31. The van der Waals surface area contributed by atoms with Gasteiger partial charge in [-0.15, -0.1) is 0 Å². The van der Waals surface area contributed by atoms with Crippen LogP contribution in [0.2, 0.25) is 0 Å². The van der Waals surface area contributed by atoms with E-state index < -0.39 is 5.60 Å². The second-order valence-electron chi connectivity index (χ2n) is 5.53. The SMILES string of the molecule is Cc1ccc(C(C)(O)Cc2ncnn2C(C)C)cc1. The minimum Gasteiger partial charge on any atom is -0.385 e. The molecule has 1 N–H and O–H groups in total. The quantitative estimate of drug-likeness (QED) is 0.918. The number of aryl methyl sites for hydroxylation is 1. The zero-order valence-electron chi connectivity index (χ0n) is 12.0. The molecule has 0 saturated carbocycles. The van der Waals surface area contributed by atoms with E-state index >= 15 is 0 Å². The van der Waals surface area contributed by atoms with E-state index in [-0.39, 0.29) is 6.04 Å². The number of rotatable bonds is 4. The van der Waals surface area contributed by atoms with E-state index in [2.05, 4.69) is 23.9 Å². The van der Waals surface area contributed by atoms with Crippen molar-refractivity contribution < 1.29 is 5.11 Å². The van der Waals surface area contributed by atoms with Crippen molar-refractivity contribution >= 4 is 0 Å². The number of aromatic nitrogens is 3. The Kier molecular flexibility index (Phi) is 3.71. The van der Waals surface area contributed by atoms with Gasteiger partial charge in [0.2, 0.25) is 0 Å². The summed E-state index contributed by atoms with van der Waals surface area (Å²) in [4.78, 5) is 4.26. The predicted octanol–water partition coefficient (Wildman–Crippen LogP) is 2.62. The van der Waals surface area contributed by atoms with Crippen LogP contribution in [0, 0.1) is 6.92 Å². The molecule has 0 spiro atoms. The Morgan fingerprint density at radius 2 is 1.89 bits per heavy atom. The van der Waals surface area contributed by atoms with E-state index in [4.69, 9.17) is 0 Å². The van der Waals surface area contributed by atoms with Gasteiger partial charge in [-0.05, 0) is 33.3 Å². The summed E-state index contributed by atoms with van der Waals surface area (Å²) in [5.41, 5.74) is 1.15. The van der Waals surface area contributed by atoms with E-state index in [0.29, 0.717) is 6.42 Å². The summed E-state index contributed by atoms with van der Waals surface area (Å²) in [5.74, 6) is 0.806. The molecule has 1 heterocycles. The molecule has 1 aromatic carbocycles. The van der Waals surface area contributed by atoms with Gasteiger partial charge < -0.3 is 5.11 Å². The maximum atomic E-state index is 10.7. The fourth-order valence-corrected chi connectivity index (χ4v) is 2.15. The molecule has 4 heteroatoms. The summed E-state index contributed by atoms with van der Waals surface area (Å²) in [5, 5.41) is 14.9. The normalized spacial score (nSPS) is 14.6. The third kappa shape index (κ3) is 3.01. The third-order valence-corrected chi connectivity index (χ3v) is 3.31. The first-order chi connectivity index (χ1) is 8.90. The largest absolute Gasteiger partial charge is 0.385 e. The number of aliphatic hydroxyl groups is 1. The van der Waals surface area contributed by atoms with Gasteiger partial charge in [0.05, 0.1) is 5.60 Å². The first-order valence-corrected chi connectivity index (χ1v) is 6.58. The highest BCUT2D eigenvalue weighted by molar-refractivity contribution is 5.26. The lowest BCUT2D eigenvalue weighted by Gasteiger charge is -2.24. The van der Waals surface area contributed by atoms with Crippen LogP contribution in [0.4, 0.5) is 0 Å². The molecule has 0 aliphatic heterocycles. The van der Waals surface area contributed by atoms with Gasteiger partial charge in [0.1, 0.15) is 12.2 Å². The zero-order chi connectivity index (χ0) is 14.0. The molecule has 0 bridgehead atoms. The molecule has 0 saturated heterocycles. The average molecular weight is 259 g/mol. The van der Waals surface area contributed by atoms with Crippen molar-refractivity contribution in [2.45, 2.75) is 45.8 Å². The van der Waals surface area contributed by atoms with Gasteiger partial charge in [-0.25, -0.2) is 9.67 Å². The average Bonchev–Trinajstić information content (AvgIpc) is 2.77. The lowest BCUT2D eigenvalue weighted by atomic mass is 9.91. The molecule has 102 valence electrons. The Labute approximate surface area is 114 Å². The van der Waals surface area contributed by atoms with Crippen molar-refractivity contribution in [3.63, 3.8) is 0 Å². The van der Waals surface area contributed by atoms with Crippen LogP contribution in [0.1, 0.15) is 43.8 Å². The number of hydrogen-bond acceptors (Lipinski definition) is 3. The molecule has 2 rings (SSSR count). The van der Waals surface area contributed by atoms with Crippen LogP contribution in [-0.4, -0.2) is 19.9 Å². The van der Waals surface area contributed by atoms with Crippen molar-refractivity contribution in [1.29, 1.82) is 0 Å². The van der Waals surface area contributed by atoms with E-state index in [1.165, 1.54) is 5.56 Å². The van der Waals surface area contributed by atoms with Crippen molar-refractivity contribution in [3.8, 4) is 0 Å². The molecule has 1 unspecified atom stereocenters.